The predicted octanol–water partition coefficient (Wildman–Crippen LogP) is 2.92. The Balaban J connectivity index is 2.12. The van der Waals surface area contributed by atoms with Crippen LogP contribution in [0.25, 0.3) is 0 Å². The minimum Gasteiger partial charge on any atom is -0.383 e. The molecule has 1 aromatic heterocycles. The van der Waals surface area contributed by atoms with Crippen LogP contribution in [0.1, 0.15) is 41.3 Å². The van der Waals surface area contributed by atoms with E-state index in [-0.39, 0.29) is 24.0 Å². The number of hydrogen-bond donors (Lipinski definition) is 2. The third-order valence-corrected chi connectivity index (χ3v) is 5.02. The molecular weight excluding hydrogens is 380 g/mol. The van der Waals surface area contributed by atoms with Gasteiger partial charge in [-0.2, -0.15) is 0 Å². The number of aryl methyl sites for hydroxylation is 1. The Morgan fingerprint density at radius 1 is 1.07 bits per heavy atom. The Morgan fingerprint density at radius 3 is 2.40 bits per heavy atom. The second kappa shape index (κ2) is 9.26. The molecule has 0 saturated heterocycles. The van der Waals surface area contributed by atoms with Crippen LogP contribution in [-0.2, 0) is 6.54 Å². The maximum absolute atomic E-state index is 13.4. The molecular formula is C23H26N4O3. The van der Waals surface area contributed by atoms with Gasteiger partial charge in [0.25, 0.3) is 11.5 Å². The lowest BCUT2D eigenvalue weighted by Crippen LogP contribution is -2.42. The highest BCUT2D eigenvalue weighted by atomic mass is 16.2. The number of hydrogen-bond acceptors (Lipinski definition) is 4. The van der Waals surface area contributed by atoms with Crippen molar-refractivity contribution in [3.05, 3.63) is 92.1 Å². The molecule has 0 fully saturated rings. The number of benzene rings is 2. The molecule has 0 unspecified atom stereocenters. The Morgan fingerprint density at radius 2 is 1.73 bits per heavy atom. The first-order valence-corrected chi connectivity index (χ1v) is 9.98. The van der Waals surface area contributed by atoms with Gasteiger partial charge in [0.1, 0.15) is 5.82 Å². The number of aromatic amines is 1. The fourth-order valence-electron chi connectivity index (χ4n) is 3.35. The van der Waals surface area contributed by atoms with Crippen LogP contribution >= 0.6 is 0 Å². The molecule has 0 radical (unpaired) electrons. The number of carbonyl (C=O) groups is 1. The summed E-state index contributed by atoms with van der Waals surface area (Å²) in [7, 11) is 0. The van der Waals surface area contributed by atoms with Gasteiger partial charge in [0.2, 0.25) is 0 Å². The summed E-state index contributed by atoms with van der Waals surface area (Å²) in [6.07, 6.45) is 1.52. The van der Waals surface area contributed by atoms with Crippen LogP contribution in [0.15, 0.2) is 64.2 Å². The Hall–Kier alpha value is -3.61. The van der Waals surface area contributed by atoms with E-state index in [0.717, 1.165) is 17.5 Å². The third-order valence-electron chi connectivity index (χ3n) is 5.02. The van der Waals surface area contributed by atoms with Crippen LogP contribution in [0, 0.1) is 6.92 Å². The number of nitrogens with zero attached hydrogens (tertiary/aromatic N) is 2. The fourth-order valence-corrected chi connectivity index (χ4v) is 3.35. The molecule has 0 aliphatic heterocycles. The second-order valence-electron chi connectivity index (χ2n) is 7.19. The Bertz CT molecular complexity index is 1150. The lowest BCUT2D eigenvalue weighted by Gasteiger charge is -2.25. The van der Waals surface area contributed by atoms with Gasteiger partial charge in [-0.1, -0.05) is 61.9 Å². The molecule has 1 amide bonds. The maximum Gasteiger partial charge on any atom is 0.330 e. The van der Waals surface area contributed by atoms with Crippen molar-refractivity contribution in [1.29, 1.82) is 0 Å². The molecule has 0 aliphatic rings. The summed E-state index contributed by atoms with van der Waals surface area (Å²) in [4.78, 5) is 42.3. The molecule has 0 spiro atoms. The molecule has 30 heavy (non-hydrogen) atoms. The van der Waals surface area contributed by atoms with Crippen molar-refractivity contribution < 1.29 is 4.79 Å². The van der Waals surface area contributed by atoms with Crippen LogP contribution in [0.4, 0.5) is 11.5 Å². The average molecular weight is 406 g/mol. The molecule has 3 rings (SSSR count). The number of unbranched alkanes of at least 4 members (excludes halogenated alkanes) is 1. The van der Waals surface area contributed by atoms with E-state index < -0.39 is 11.2 Å². The van der Waals surface area contributed by atoms with E-state index in [4.69, 9.17) is 5.73 Å². The number of aromatic nitrogens is 2. The van der Waals surface area contributed by atoms with E-state index in [1.807, 2.05) is 56.3 Å². The SMILES string of the molecule is CCCCN(C(=O)c1ccccc1C)c1c(N)n(Cc2ccccc2)c(=O)[nH]c1=O. The first-order valence-electron chi connectivity index (χ1n) is 9.98. The molecule has 0 atom stereocenters. The van der Waals surface area contributed by atoms with E-state index >= 15 is 0 Å². The molecule has 0 aliphatic carbocycles. The number of nitrogens with one attached hydrogen (secondary N) is 1. The van der Waals surface area contributed by atoms with Gasteiger partial charge < -0.3 is 10.6 Å². The topological polar surface area (TPSA) is 101 Å². The van der Waals surface area contributed by atoms with E-state index in [9.17, 15) is 14.4 Å². The summed E-state index contributed by atoms with van der Waals surface area (Å²) in [5, 5.41) is 0. The van der Waals surface area contributed by atoms with Crippen molar-refractivity contribution in [2.24, 2.45) is 0 Å². The molecule has 0 bridgehead atoms. The fraction of sp³-hybridized carbons (Fsp3) is 0.261. The van der Waals surface area contributed by atoms with Gasteiger partial charge in [0.05, 0.1) is 6.54 Å². The van der Waals surface area contributed by atoms with Gasteiger partial charge in [-0.15, -0.1) is 0 Å². The van der Waals surface area contributed by atoms with Crippen LogP contribution in [0.5, 0.6) is 0 Å². The van der Waals surface area contributed by atoms with Gasteiger partial charge in [0, 0.05) is 12.1 Å². The van der Waals surface area contributed by atoms with Gasteiger partial charge in [-0.05, 0) is 30.5 Å². The van der Waals surface area contributed by atoms with Gasteiger partial charge in [0.15, 0.2) is 5.69 Å². The molecule has 3 N–H and O–H groups in total. The summed E-state index contributed by atoms with van der Waals surface area (Å²) in [6.45, 7) is 4.35. The van der Waals surface area contributed by atoms with Crippen molar-refractivity contribution >= 4 is 17.4 Å². The molecule has 156 valence electrons. The average Bonchev–Trinajstić information content (AvgIpc) is 2.74. The second-order valence-corrected chi connectivity index (χ2v) is 7.19. The van der Waals surface area contributed by atoms with Gasteiger partial charge >= 0.3 is 5.69 Å². The van der Waals surface area contributed by atoms with Crippen LogP contribution in [0.3, 0.4) is 0 Å². The molecule has 7 heteroatoms. The number of H-pyrrole nitrogens is 1. The molecule has 2 aromatic carbocycles. The zero-order valence-electron chi connectivity index (χ0n) is 17.2. The van der Waals surface area contributed by atoms with Crippen molar-refractivity contribution in [2.45, 2.75) is 33.2 Å². The summed E-state index contributed by atoms with van der Waals surface area (Å²) in [6, 6.07) is 16.5. The quantitative estimate of drug-likeness (QED) is 0.630. The molecule has 3 aromatic rings. The maximum atomic E-state index is 13.4. The number of nitrogens with two attached hydrogens (primary N) is 1. The number of nitrogen functional groups attached to an aromatic ring is 1. The molecule has 0 saturated carbocycles. The highest BCUT2D eigenvalue weighted by Gasteiger charge is 2.25. The highest BCUT2D eigenvalue weighted by Crippen LogP contribution is 2.22. The van der Waals surface area contributed by atoms with Crippen LogP contribution in [0.2, 0.25) is 0 Å². The van der Waals surface area contributed by atoms with E-state index in [1.54, 1.807) is 12.1 Å². The summed E-state index contributed by atoms with van der Waals surface area (Å²) in [5.41, 5.74) is 7.19. The standard InChI is InChI=1S/C23H26N4O3/c1-3-4-14-26(22(29)18-13-9-8-10-16(18)2)19-20(24)27(23(30)25-21(19)28)15-17-11-6-5-7-12-17/h5-13H,3-4,14-15,24H2,1-2H3,(H,25,28,30). The third kappa shape index (κ3) is 4.35. The van der Waals surface area contributed by atoms with Crippen molar-refractivity contribution in [3.63, 3.8) is 0 Å². The minimum atomic E-state index is -0.667. The monoisotopic (exact) mass is 406 g/mol. The lowest BCUT2D eigenvalue weighted by molar-refractivity contribution is 0.0985. The predicted molar refractivity (Wildman–Crippen MR) is 119 cm³/mol. The smallest absolute Gasteiger partial charge is 0.330 e. The Kier molecular flexibility index (Phi) is 6.51. The zero-order valence-corrected chi connectivity index (χ0v) is 17.2. The number of anilines is 2. The van der Waals surface area contributed by atoms with Crippen molar-refractivity contribution in [1.82, 2.24) is 9.55 Å². The first-order chi connectivity index (χ1) is 14.4. The number of amides is 1. The summed E-state index contributed by atoms with van der Waals surface area (Å²) < 4.78 is 1.29. The van der Waals surface area contributed by atoms with Crippen molar-refractivity contribution in [2.75, 3.05) is 17.2 Å². The Labute approximate surface area is 174 Å². The van der Waals surface area contributed by atoms with Crippen molar-refractivity contribution in [3.8, 4) is 0 Å². The van der Waals surface area contributed by atoms with E-state index in [2.05, 4.69) is 4.98 Å². The summed E-state index contributed by atoms with van der Waals surface area (Å²) in [5.74, 6) is -0.339. The summed E-state index contributed by atoms with van der Waals surface area (Å²) >= 11 is 0. The van der Waals surface area contributed by atoms with Gasteiger partial charge in [-0.25, -0.2) is 4.79 Å². The van der Waals surface area contributed by atoms with Crippen LogP contribution < -0.4 is 21.9 Å². The number of carbonyl (C=O) groups excluding carboxylic acids is 1. The largest absolute Gasteiger partial charge is 0.383 e. The molecule has 1 heterocycles. The van der Waals surface area contributed by atoms with E-state index in [1.165, 1.54) is 9.47 Å². The lowest BCUT2D eigenvalue weighted by atomic mass is 10.1. The normalized spacial score (nSPS) is 10.7. The first kappa shape index (κ1) is 21.1. The zero-order chi connectivity index (χ0) is 21.7. The highest BCUT2D eigenvalue weighted by molar-refractivity contribution is 6.08. The van der Waals surface area contributed by atoms with Gasteiger partial charge in [-0.3, -0.25) is 19.1 Å². The molecule has 7 nitrogen and oxygen atoms in total. The van der Waals surface area contributed by atoms with Crippen LogP contribution in [-0.4, -0.2) is 22.0 Å². The van der Waals surface area contributed by atoms with E-state index in [0.29, 0.717) is 18.5 Å². The minimum absolute atomic E-state index is 0.00670. The number of rotatable bonds is 7.